The number of halogens is 3. The molecule has 1 fully saturated rings. The summed E-state index contributed by atoms with van der Waals surface area (Å²) < 4.78 is 57.1. The third-order valence-electron chi connectivity index (χ3n) is 4.87. The van der Waals surface area contributed by atoms with Gasteiger partial charge in [0.25, 0.3) is 0 Å². The van der Waals surface area contributed by atoms with Crippen LogP contribution in [0.15, 0.2) is 11.0 Å². The van der Waals surface area contributed by atoms with Crippen LogP contribution in [0.1, 0.15) is 39.8 Å². The van der Waals surface area contributed by atoms with Crippen molar-refractivity contribution in [1.29, 1.82) is 0 Å². The van der Waals surface area contributed by atoms with Crippen molar-refractivity contribution in [3.05, 3.63) is 16.7 Å². The summed E-state index contributed by atoms with van der Waals surface area (Å²) in [7, 11) is 0. The van der Waals surface area contributed by atoms with E-state index in [1.807, 2.05) is 0 Å². The molecule has 2 N–H and O–H groups in total. The molecule has 0 bridgehead atoms. The van der Waals surface area contributed by atoms with Gasteiger partial charge in [0.15, 0.2) is 11.9 Å². The van der Waals surface area contributed by atoms with Gasteiger partial charge in [-0.15, -0.1) is 0 Å². The van der Waals surface area contributed by atoms with Crippen LogP contribution in [0.5, 0.6) is 0 Å². The van der Waals surface area contributed by atoms with Crippen molar-refractivity contribution in [2.45, 2.75) is 70.9 Å². The number of carbonyl (C=O) groups excluding carboxylic acids is 2. The molecular formula is C18H22F3N5O6. The largest absolute Gasteiger partial charge is 0.460 e. The van der Waals surface area contributed by atoms with Crippen LogP contribution in [0.3, 0.4) is 0 Å². The number of rotatable bonds is 6. The van der Waals surface area contributed by atoms with Crippen LogP contribution in [-0.4, -0.2) is 55.5 Å². The molecule has 2 aromatic heterocycles. The molecular weight excluding hydrogens is 439 g/mol. The minimum absolute atomic E-state index is 0.0367. The Bertz CT molecular complexity index is 1080. The number of nitrogens with zero attached hydrogens (tertiary/aromatic N) is 4. The number of esters is 2. The lowest BCUT2D eigenvalue weighted by Gasteiger charge is -2.22. The third-order valence-corrected chi connectivity index (χ3v) is 4.87. The summed E-state index contributed by atoms with van der Waals surface area (Å²) in [6, 6.07) is 0. The predicted octanol–water partition coefficient (Wildman–Crippen LogP) is 1.30. The van der Waals surface area contributed by atoms with Crippen molar-refractivity contribution in [3.8, 4) is 0 Å². The van der Waals surface area contributed by atoms with Gasteiger partial charge in [-0.1, -0.05) is 6.92 Å². The van der Waals surface area contributed by atoms with E-state index < -0.39 is 54.9 Å². The monoisotopic (exact) mass is 461 g/mol. The van der Waals surface area contributed by atoms with E-state index in [1.54, 1.807) is 6.92 Å². The van der Waals surface area contributed by atoms with Crippen LogP contribution >= 0.6 is 0 Å². The molecule has 0 saturated carbocycles. The standard InChI is InChI=1S/C18H22F3N5O6/c1-4-11(30-8(2)27)12-5-13(31-9(3)28)15(32-12)26-14-10(6-23-16(22)24-14)25(17(26)29)7-18(19,20)21/h6,11-13,15H,4-5,7H2,1-3H3,(H2,22,23,24)/t11?,12-,13+,15+/m0/s1. The van der Waals surface area contributed by atoms with Gasteiger partial charge in [-0.25, -0.2) is 14.3 Å². The second-order valence-electron chi connectivity index (χ2n) is 7.30. The molecule has 1 aliphatic rings. The number of ether oxygens (including phenoxy) is 3. The van der Waals surface area contributed by atoms with Crippen molar-refractivity contribution >= 4 is 29.1 Å². The van der Waals surface area contributed by atoms with Gasteiger partial charge < -0.3 is 19.9 Å². The van der Waals surface area contributed by atoms with Crippen LogP contribution in [0.4, 0.5) is 19.1 Å². The first-order valence-corrected chi connectivity index (χ1v) is 9.71. The van der Waals surface area contributed by atoms with E-state index in [1.165, 1.54) is 6.92 Å². The Balaban J connectivity index is 2.12. The van der Waals surface area contributed by atoms with Crippen molar-refractivity contribution in [2.75, 3.05) is 5.73 Å². The molecule has 176 valence electrons. The fourth-order valence-electron chi connectivity index (χ4n) is 3.72. The summed E-state index contributed by atoms with van der Waals surface area (Å²) in [5.41, 5.74) is 4.06. The average Bonchev–Trinajstić information content (AvgIpc) is 3.16. The van der Waals surface area contributed by atoms with Crippen LogP contribution in [0.25, 0.3) is 11.2 Å². The Morgan fingerprint density at radius 2 is 2.03 bits per heavy atom. The van der Waals surface area contributed by atoms with Gasteiger partial charge in [0.1, 0.15) is 30.4 Å². The van der Waals surface area contributed by atoms with Gasteiger partial charge >= 0.3 is 23.8 Å². The van der Waals surface area contributed by atoms with Gasteiger partial charge in [-0.05, 0) is 6.42 Å². The van der Waals surface area contributed by atoms with Crippen molar-refractivity contribution in [2.24, 2.45) is 0 Å². The van der Waals surface area contributed by atoms with Crippen molar-refractivity contribution in [1.82, 2.24) is 19.1 Å². The number of anilines is 1. The molecule has 0 aromatic carbocycles. The lowest BCUT2D eigenvalue weighted by molar-refractivity contribution is -0.158. The molecule has 3 heterocycles. The number of carbonyl (C=O) groups is 2. The third kappa shape index (κ3) is 4.84. The molecule has 0 spiro atoms. The van der Waals surface area contributed by atoms with E-state index in [-0.39, 0.29) is 23.5 Å². The van der Waals surface area contributed by atoms with E-state index in [2.05, 4.69) is 9.97 Å². The maximum Gasteiger partial charge on any atom is 0.406 e. The number of fused-ring (bicyclic) bond motifs is 1. The maximum absolute atomic E-state index is 13.1. The normalized spacial score (nSPS) is 22.1. The summed E-state index contributed by atoms with van der Waals surface area (Å²) in [6.45, 7) is 2.50. The number of nitrogens with two attached hydrogens (primary N) is 1. The van der Waals surface area contributed by atoms with Gasteiger partial charge in [0.2, 0.25) is 5.95 Å². The van der Waals surface area contributed by atoms with Gasteiger partial charge in [0.05, 0.1) is 6.20 Å². The fraction of sp³-hybridized carbons (Fsp3) is 0.611. The van der Waals surface area contributed by atoms with E-state index in [4.69, 9.17) is 19.9 Å². The zero-order valence-electron chi connectivity index (χ0n) is 17.5. The van der Waals surface area contributed by atoms with E-state index >= 15 is 0 Å². The highest BCUT2D eigenvalue weighted by Gasteiger charge is 2.45. The number of nitrogen functional groups attached to an aromatic ring is 1. The maximum atomic E-state index is 13.1. The molecule has 1 unspecified atom stereocenters. The fourth-order valence-corrected chi connectivity index (χ4v) is 3.72. The Morgan fingerprint density at radius 3 is 2.59 bits per heavy atom. The lowest BCUT2D eigenvalue weighted by atomic mass is 10.1. The number of alkyl halides is 3. The van der Waals surface area contributed by atoms with Crippen molar-refractivity contribution in [3.63, 3.8) is 0 Å². The van der Waals surface area contributed by atoms with E-state index in [0.29, 0.717) is 11.0 Å². The molecule has 0 amide bonds. The summed E-state index contributed by atoms with van der Waals surface area (Å²) >= 11 is 0. The second-order valence-corrected chi connectivity index (χ2v) is 7.30. The smallest absolute Gasteiger partial charge is 0.406 e. The van der Waals surface area contributed by atoms with Crippen LogP contribution in [0.2, 0.25) is 0 Å². The minimum atomic E-state index is -4.71. The highest BCUT2D eigenvalue weighted by Crippen LogP contribution is 2.35. The molecule has 4 atom stereocenters. The molecule has 1 aliphatic heterocycles. The first kappa shape index (κ1) is 23.5. The summed E-state index contributed by atoms with van der Waals surface area (Å²) in [5.74, 6) is -1.53. The molecule has 0 aliphatic carbocycles. The minimum Gasteiger partial charge on any atom is -0.460 e. The SMILES string of the molecule is CCC(OC(C)=O)[C@@H]1C[C@@H](OC(C)=O)[C@H](n2c(=O)n(CC(F)(F)F)c3cnc(N)nc32)O1. The first-order chi connectivity index (χ1) is 14.9. The zero-order chi connectivity index (χ0) is 23.8. The summed E-state index contributed by atoms with van der Waals surface area (Å²) in [6.07, 6.45) is -7.21. The highest BCUT2D eigenvalue weighted by atomic mass is 19.4. The second kappa shape index (κ2) is 8.76. The van der Waals surface area contributed by atoms with Gasteiger partial charge in [-0.2, -0.15) is 18.2 Å². The van der Waals surface area contributed by atoms with Crippen molar-refractivity contribution < 1.29 is 37.0 Å². The number of aromatic nitrogens is 4. The van der Waals surface area contributed by atoms with E-state index in [0.717, 1.165) is 17.7 Å². The Kier molecular flexibility index (Phi) is 6.44. The zero-order valence-corrected chi connectivity index (χ0v) is 17.5. The Morgan fingerprint density at radius 1 is 1.34 bits per heavy atom. The number of imidazole rings is 1. The topological polar surface area (TPSA) is 141 Å². The highest BCUT2D eigenvalue weighted by molar-refractivity contribution is 5.72. The van der Waals surface area contributed by atoms with Gasteiger partial charge in [0, 0.05) is 20.3 Å². The molecule has 11 nitrogen and oxygen atoms in total. The summed E-state index contributed by atoms with van der Waals surface area (Å²) in [5, 5.41) is 0. The number of hydrogen-bond donors (Lipinski definition) is 1. The average molecular weight is 461 g/mol. The predicted molar refractivity (Wildman–Crippen MR) is 102 cm³/mol. The molecule has 3 rings (SSSR count). The van der Waals surface area contributed by atoms with Gasteiger partial charge in [-0.3, -0.25) is 14.2 Å². The molecule has 0 radical (unpaired) electrons. The Hall–Kier alpha value is -3.16. The van der Waals surface area contributed by atoms with Crippen LogP contribution < -0.4 is 11.4 Å². The van der Waals surface area contributed by atoms with Crippen LogP contribution in [-0.2, 0) is 30.3 Å². The molecule has 32 heavy (non-hydrogen) atoms. The summed E-state index contributed by atoms with van der Waals surface area (Å²) in [4.78, 5) is 43.7. The molecule has 1 saturated heterocycles. The molecule has 14 heteroatoms. The quantitative estimate of drug-likeness (QED) is 0.630. The first-order valence-electron chi connectivity index (χ1n) is 9.71. The Labute approximate surface area is 179 Å². The number of hydrogen-bond acceptors (Lipinski definition) is 9. The van der Waals surface area contributed by atoms with Crippen LogP contribution in [0, 0.1) is 0 Å². The van der Waals surface area contributed by atoms with E-state index in [9.17, 15) is 27.6 Å². The lowest BCUT2D eigenvalue weighted by Crippen LogP contribution is -2.35. The molecule has 2 aromatic rings.